The second kappa shape index (κ2) is 22.0. The molecular weight excluding hydrogens is 831 g/mol. The molecule has 0 aliphatic rings. The van der Waals surface area contributed by atoms with Crippen LogP contribution in [0.25, 0.3) is 0 Å². The number of carbonyl (C=O) groups excluding carboxylic acids is 2. The van der Waals surface area contributed by atoms with Crippen molar-refractivity contribution >= 4 is 11.9 Å². The summed E-state index contributed by atoms with van der Waals surface area (Å²) in [5, 5.41) is 0. The Morgan fingerprint density at radius 1 is 0.431 bits per heavy atom. The predicted molar refractivity (Wildman–Crippen MR) is 176 cm³/mol. The van der Waals surface area contributed by atoms with Crippen molar-refractivity contribution in [3.8, 4) is 0 Å². The largest absolute Gasteiger partial charge is 0.473 e. The first-order valence-corrected chi connectivity index (χ1v) is 18.8. The van der Waals surface area contributed by atoms with E-state index in [2.05, 4.69) is 11.7 Å². The van der Waals surface area contributed by atoms with Gasteiger partial charge >= 0.3 is 59.8 Å². The lowest BCUT2D eigenvalue weighted by atomic mass is 9.89. The number of ether oxygens (including phenoxy) is 2. The average Bonchev–Trinajstić information content (AvgIpc) is 3.11. The number of esters is 2. The zero-order valence-electron chi connectivity index (χ0n) is 31.5. The molecule has 0 unspecified atom stereocenters. The van der Waals surface area contributed by atoms with E-state index in [-0.39, 0.29) is 12.2 Å². The summed E-state index contributed by atoms with van der Waals surface area (Å²) < 4.78 is 241. The monoisotopic (exact) mass is 878 g/mol. The molecule has 4 nitrogen and oxygen atoms in total. The van der Waals surface area contributed by atoms with Gasteiger partial charge in [0.2, 0.25) is 0 Å². The van der Waals surface area contributed by atoms with Crippen molar-refractivity contribution in [2.75, 3.05) is 6.61 Å². The lowest BCUT2D eigenvalue weighted by Gasteiger charge is -2.42. The number of alkyl halides is 17. The third-order valence-electron chi connectivity index (χ3n) is 9.16. The minimum atomic E-state index is -8.51. The van der Waals surface area contributed by atoms with Gasteiger partial charge in [-0.05, 0) is 37.1 Å². The van der Waals surface area contributed by atoms with E-state index in [4.69, 9.17) is 4.74 Å². The van der Waals surface area contributed by atoms with Crippen molar-refractivity contribution in [2.24, 2.45) is 0 Å². The van der Waals surface area contributed by atoms with Gasteiger partial charge in [0.05, 0.1) is 17.7 Å². The topological polar surface area (TPSA) is 52.6 Å². The number of unbranched alkanes of at least 4 members (excludes halogenated alkanes) is 15. The number of halogens is 17. The Morgan fingerprint density at radius 2 is 0.776 bits per heavy atom. The number of benzene rings is 1. The van der Waals surface area contributed by atoms with Gasteiger partial charge in [-0.1, -0.05) is 103 Å². The minimum Gasteiger partial charge on any atom is -0.462 e. The van der Waals surface area contributed by atoms with E-state index in [1.54, 1.807) is 0 Å². The van der Waals surface area contributed by atoms with Crippen LogP contribution in [0.3, 0.4) is 0 Å². The summed E-state index contributed by atoms with van der Waals surface area (Å²) >= 11 is 0. The fourth-order valence-electron chi connectivity index (χ4n) is 5.55. The summed E-state index contributed by atoms with van der Waals surface area (Å²) in [6, 6.07) is 2.15. The summed E-state index contributed by atoms with van der Waals surface area (Å²) in [7, 11) is 0. The van der Waals surface area contributed by atoms with Gasteiger partial charge in [0, 0.05) is 12.8 Å². The molecule has 1 rings (SSSR count). The zero-order chi connectivity index (χ0) is 44.7. The SMILES string of the molecule is CCCCCCCCCCCCCCCCCCOC(=O)c1ccc(C(=O)OC(F)(F)C(F)(F)C(F)(F)C(F)(F)C(F)(F)C(F)(F)C(F)(F)CCCC(F)(F)F)cc1. The Labute approximate surface area is 324 Å². The average molecular weight is 879 g/mol. The number of carbonyl (C=O) groups is 2. The molecule has 1 aromatic carbocycles. The first-order chi connectivity index (χ1) is 26.5. The van der Waals surface area contributed by atoms with Crippen molar-refractivity contribution in [1.82, 2.24) is 0 Å². The number of hydrogen-bond acceptors (Lipinski definition) is 4. The van der Waals surface area contributed by atoms with Crippen LogP contribution in [0, 0.1) is 0 Å². The Balaban J connectivity index is 2.70. The van der Waals surface area contributed by atoms with E-state index in [9.17, 15) is 84.2 Å². The van der Waals surface area contributed by atoms with Crippen LogP contribution in [-0.2, 0) is 9.47 Å². The summed E-state index contributed by atoms with van der Waals surface area (Å²) in [4.78, 5) is 24.3. The minimum absolute atomic E-state index is 0.0676. The van der Waals surface area contributed by atoms with Crippen LogP contribution < -0.4 is 0 Å². The van der Waals surface area contributed by atoms with E-state index in [1.165, 1.54) is 57.8 Å². The maximum atomic E-state index is 14.2. The van der Waals surface area contributed by atoms with Gasteiger partial charge in [0.15, 0.2) is 0 Å². The molecule has 0 N–H and O–H groups in total. The Morgan fingerprint density at radius 3 is 1.17 bits per heavy atom. The van der Waals surface area contributed by atoms with Gasteiger partial charge in [-0.25, -0.2) is 9.59 Å². The molecule has 0 saturated heterocycles. The summed E-state index contributed by atoms with van der Waals surface area (Å²) in [6.07, 6.45) is -2.67. The predicted octanol–water partition coefficient (Wildman–Crippen LogP) is 14.4. The van der Waals surface area contributed by atoms with Crippen LogP contribution in [0.15, 0.2) is 24.3 Å². The molecular formula is C37H47F17O4. The first kappa shape index (κ1) is 53.0. The maximum Gasteiger partial charge on any atom is 0.473 e. The van der Waals surface area contributed by atoms with Crippen LogP contribution in [0.1, 0.15) is 150 Å². The van der Waals surface area contributed by atoms with Crippen LogP contribution in [0.5, 0.6) is 0 Å². The van der Waals surface area contributed by atoms with Crippen molar-refractivity contribution in [3.63, 3.8) is 0 Å². The highest BCUT2D eigenvalue weighted by molar-refractivity contribution is 5.93. The Kier molecular flexibility index (Phi) is 20.1. The van der Waals surface area contributed by atoms with Crippen molar-refractivity contribution in [1.29, 1.82) is 0 Å². The van der Waals surface area contributed by atoms with Crippen molar-refractivity contribution < 1.29 is 93.7 Å². The van der Waals surface area contributed by atoms with Crippen LogP contribution in [0.4, 0.5) is 74.6 Å². The smallest absolute Gasteiger partial charge is 0.462 e. The standard InChI is InChI=1S/C37H47F17O4/c1-2-3-4-5-6-7-8-9-10-11-12-13-14-15-16-17-25-57-28(55)26-19-21-27(22-20-26)29(56)58-37(53,54)36(51,52)35(49,50)34(47,48)33(45,46)32(43,44)30(38,39)23-18-24-31(40,41)42/h19-22H,2-18,23-25H2,1H3. The third-order valence-corrected chi connectivity index (χ3v) is 9.16. The molecule has 21 heteroatoms. The molecule has 0 heterocycles. The van der Waals surface area contributed by atoms with Crippen molar-refractivity contribution in [3.05, 3.63) is 35.4 Å². The maximum absolute atomic E-state index is 14.2. The van der Waals surface area contributed by atoms with E-state index in [1.807, 2.05) is 0 Å². The molecule has 0 aliphatic heterocycles. The Bertz CT molecular complexity index is 1380. The highest BCUT2D eigenvalue weighted by atomic mass is 19.4. The second-order valence-corrected chi connectivity index (χ2v) is 14.0. The first-order valence-electron chi connectivity index (χ1n) is 18.8. The van der Waals surface area contributed by atoms with Crippen LogP contribution >= 0.6 is 0 Å². The van der Waals surface area contributed by atoms with Crippen LogP contribution in [-0.4, -0.2) is 66.4 Å². The molecule has 0 radical (unpaired) electrons. The fourth-order valence-corrected chi connectivity index (χ4v) is 5.55. The molecule has 0 saturated carbocycles. The van der Waals surface area contributed by atoms with Gasteiger partial charge < -0.3 is 9.47 Å². The zero-order valence-corrected chi connectivity index (χ0v) is 31.5. The number of rotatable bonds is 29. The highest BCUT2D eigenvalue weighted by Gasteiger charge is 2.93. The molecule has 0 fully saturated rings. The molecule has 0 amide bonds. The Hall–Kier alpha value is -3.03. The highest BCUT2D eigenvalue weighted by Crippen LogP contribution is 2.63. The lowest BCUT2D eigenvalue weighted by molar-refractivity contribution is -0.460. The molecule has 338 valence electrons. The van der Waals surface area contributed by atoms with Crippen molar-refractivity contribution in [2.45, 2.75) is 177 Å². The third kappa shape index (κ3) is 14.0. The number of hydrogen-bond donors (Lipinski definition) is 0. The van der Waals surface area contributed by atoms with E-state index >= 15 is 0 Å². The molecule has 0 aromatic heterocycles. The normalized spacial score (nSPS) is 13.8. The van der Waals surface area contributed by atoms with Gasteiger partial charge in [-0.15, -0.1) is 0 Å². The second-order valence-electron chi connectivity index (χ2n) is 14.0. The van der Waals surface area contributed by atoms with E-state index in [0.717, 1.165) is 32.1 Å². The van der Waals surface area contributed by atoms with Gasteiger partial charge in [-0.2, -0.15) is 74.6 Å². The van der Waals surface area contributed by atoms with Gasteiger partial charge in [-0.3, -0.25) is 0 Å². The fraction of sp³-hybridized carbons (Fsp3) is 0.784. The molecule has 0 aliphatic carbocycles. The quantitative estimate of drug-likeness (QED) is 0.0457. The molecule has 0 spiro atoms. The van der Waals surface area contributed by atoms with Gasteiger partial charge in [0.25, 0.3) is 0 Å². The molecule has 1 aromatic rings. The molecule has 0 atom stereocenters. The summed E-state index contributed by atoms with van der Waals surface area (Å²) in [6.45, 7) is 2.11. The van der Waals surface area contributed by atoms with Gasteiger partial charge in [0.1, 0.15) is 0 Å². The van der Waals surface area contributed by atoms with Crippen LogP contribution in [0.2, 0.25) is 0 Å². The summed E-state index contributed by atoms with van der Waals surface area (Å²) in [5.41, 5.74) is -1.62. The molecule has 0 bridgehead atoms. The van der Waals surface area contributed by atoms with E-state index in [0.29, 0.717) is 37.1 Å². The summed E-state index contributed by atoms with van der Waals surface area (Å²) in [5.74, 6) is -51.6. The lowest BCUT2D eigenvalue weighted by Crippen LogP contribution is -2.73. The van der Waals surface area contributed by atoms with E-state index < -0.39 is 84.6 Å². The molecule has 58 heavy (non-hydrogen) atoms.